The second-order valence-electron chi connectivity index (χ2n) is 4.34. The zero-order chi connectivity index (χ0) is 10.9. The van der Waals surface area contributed by atoms with Crippen molar-refractivity contribution in [2.24, 2.45) is 0 Å². The van der Waals surface area contributed by atoms with Gasteiger partial charge in [0.2, 0.25) is 10.0 Å². The SMILES string of the molecule is CS(=O)(=O)N1CCN(C2CCNC2)CC1. The van der Waals surface area contributed by atoms with Crippen LogP contribution in [-0.4, -0.2) is 69.2 Å². The van der Waals surface area contributed by atoms with Crippen molar-refractivity contribution in [3.05, 3.63) is 0 Å². The molecule has 6 heteroatoms. The summed E-state index contributed by atoms with van der Waals surface area (Å²) in [6.07, 6.45) is 2.48. The van der Waals surface area contributed by atoms with Crippen LogP contribution in [0.15, 0.2) is 0 Å². The maximum atomic E-state index is 11.3. The first-order valence-corrected chi connectivity index (χ1v) is 7.32. The highest BCUT2D eigenvalue weighted by Crippen LogP contribution is 2.13. The summed E-state index contributed by atoms with van der Waals surface area (Å²) in [6.45, 7) is 5.19. The minimum Gasteiger partial charge on any atom is -0.315 e. The topological polar surface area (TPSA) is 52.7 Å². The predicted molar refractivity (Wildman–Crippen MR) is 59.3 cm³/mol. The third-order valence-electron chi connectivity index (χ3n) is 3.29. The minimum atomic E-state index is -2.98. The lowest BCUT2D eigenvalue weighted by Crippen LogP contribution is -2.52. The van der Waals surface area contributed by atoms with Crippen molar-refractivity contribution < 1.29 is 8.42 Å². The van der Waals surface area contributed by atoms with E-state index in [0.29, 0.717) is 19.1 Å². The number of hydrogen-bond donors (Lipinski definition) is 1. The molecule has 0 saturated carbocycles. The lowest BCUT2D eigenvalue weighted by atomic mass is 10.2. The average Bonchev–Trinajstić information content (AvgIpc) is 2.69. The molecule has 0 aromatic heterocycles. The molecule has 1 unspecified atom stereocenters. The normalized spacial score (nSPS) is 30.9. The van der Waals surface area contributed by atoms with Crippen LogP contribution in [0.4, 0.5) is 0 Å². The van der Waals surface area contributed by atoms with Gasteiger partial charge in [0.15, 0.2) is 0 Å². The van der Waals surface area contributed by atoms with Gasteiger partial charge in [-0.2, -0.15) is 4.31 Å². The molecule has 2 saturated heterocycles. The molecule has 0 bridgehead atoms. The Morgan fingerprint density at radius 3 is 2.33 bits per heavy atom. The standard InChI is InChI=1S/C9H19N3O2S/c1-15(13,14)12-6-4-11(5-7-12)9-2-3-10-8-9/h9-10H,2-8H2,1H3. The molecule has 2 aliphatic rings. The first kappa shape index (κ1) is 11.3. The van der Waals surface area contributed by atoms with Gasteiger partial charge in [-0.05, 0) is 13.0 Å². The van der Waals surface area contributed by atoms with Crippen molar-refractivity contribution in [3.8, 4) is 0 Å². The fourth-order valence-electron chi connectivity index (χ4n) is 2.35. The summed E-state index contributed by atoms with van der Waals surface area (Å²) in [5.74, 6) is 0. The van der Waals surface area contributed by atoms with E-state index in [9.17, 15) is 8.42 Å². The van der Waals surface area contributed by atoms with E-state index in [1.54, 1.807) is 4.31 Å². The van der Waals surface area contributed by atoms with Gasteiger partial charge in [0.05, 0.1) is 6.26 Å². The summed E-state index contributed by atoms with van der Waals surface area (Å²) in [5.41, 5.74) is 0. The van der Waals surface area contributed by atoms with E-state index >= 15 is 0 Å². The van der Waals surface area contributed by atoms with Gasteiger partial charge in [-0.3, -0.25) is 4.90 Å². The van der Waals surface area contributed by atoms with E-state index in [2.05, 4.69) is 10.2 Å². The van der Waals surface area contributed by atoms with Crippen molar-refractivity contribution in [1.82, 2.24) is 14.5 Å². The van der Waals surface area contributed by atoms with Gasteiger partial charge in [-0.25, -0.2) is 8.42 Å². The van der Waals surface area contributed by atoms with Crippen molar-refractivity contribution >= 4 is 10.0 Å². The molecule has 2 aliphatic heterocycles. The maximum Gasteiger partial charge on any atom is 0.211 e. The van der Waals surface area contributed by atoms with Crippen LogP contribution in [0.3, 0.4) is 0 Å². The number of rotatable bonds is 2. The van der Waals surface area contributed by atoms with Crippen molar-refractivity contribution in [3.63, 3.8) is 0 Å². The van der Waals surface area contributed by atoms with Gasteiger partial charge in [-0.15, -0.1) is 0 Å². The Kier molecular flexibility index (Phi) is 3.30. The first-order valence-electron chi connectivity index (χ1n) is 5.47. The Hall–Kier alpha value is -0.170. The molecule has 0 aromatic rings. The van der Waals surface area contributed by atoms with Crippen LogP contribution in [0.2, 0.25) is 0 Å². The Bertz CT molecular complexity index is 303. The van der Waals surface area contributed by atoms with E-state index in [0.717, 1.165) is 26.2 Å². The maximum absolute atomic E-state index is 11.3. The lowest BCUT2D eigenvalue weighted by molar-refractivity contribution is 0.146. The van der Waals surface area contributed by atoms with Gasteiger partial charge < -0.3 is 5.32 Å². The number of hydrogen-bond acceptors (Lipinski definition) is 4. The molecule has 0 aliphatic carbocycles. The quantitative estimate of drug-likeness (QED) is 0.659. The van der Waals surface area contributed by atoms with E-state index in [1.165, 1.54) is 12.7 Å². The van der Waals surface area contributed by atoms with Crippen LogP contribution >= 0.6 is 0 Å². The van der Waals surface area contributed by atoms with E-state index in [4.69, 9.17) is 0 Å². The van der Waals surface area contributed by atoms with Gasteiger partial charge in [0.25, 0.3) is 0 Å². The van der Waals surface area contributed by atoms with Gasteiger partial charge in [0, 0.05) is 38.8 Å². The molecule has 15 heavy (non-hydrogen) atoms. The average molecular weight is 233 g/mol. The van der Waals surface area contributed by atoms with Crippen LogP contribution in [0, 0.1) is 0 Å². The summed E-state index contributed by atoms with van der Waals surface area (Å²) < 4.78 is 24.2. The first-order chi connectivity index (χ1) is 7.07. The molecule has 5 nitrogen and oxygen atoms in total. The van der Waals surface area contributed by atoms with Crippen LogP contribution < -0.4 is 5.32 Å². The summed E-state index contributed by atoms with van der Waals surface area (Å²) >= 11 is 0. The number of nitrogens with zero attached hydrogens (tertiary/aromatic N) is 2. The molecular weight excluding hydrogens is 214 g/mol. The number of piperazine rings is 1. The predicted octanol–water partition coefficient (Wildman–Crippen LogP) is -1.07. The zero-order valence-electron chi connectivity index (χ0n) is 9.15. The van der Waals surface area contributed by atoms with Crippen LogP contribution in [0.25, 0.3) is 0 Å². The fourth-order valence-corrected chi connectivity index (χ4v) is 3.18. The largest absolute Gasteiger partial charge is 0.315 e. The summed E-state index contributed by atoms with van der Waals surface area (Å²) in [6, 6.07) is 0.617. The smallest absolute Gasteiger partial charge is 0.211 e. The van der Waals surface area contributed by atoms with E-state index in [1.807, 2.05) is 0 Å². The summed E-state index contributed by atoms with van der Waals surface area (Å²) in [5, 5.41) is 3.34. The second kappa shape index (κ2) is 4.37. The molecule has 2 fully saturated rings. The number of nitrogens with one attached hydrogen (secondary N) is 1. The molecule has 1 N–H and O–H groups in total. The monoisotopic (exact) mass is 233 g/mol. The molecule has 0 aromatic carbocycles. The lowest BCUT2D eigenvalue weighted by Gasteiger charge is -2.36. The highest BCUT2D eigenvalue weighted by molar-refractivity contribution is 7.88. The fraction of sp³-hybridized carbons (Fsp3) is 1.00. The Morgan fingerprint density at radius 1 is 1.20 bits per heavy atom. The van der Waals surface area contributed by atoms with Crippen LogP contribution in [-0.2, 0) is 10.0 Å². The molecular formula is C9H19N3O2S. The minimum absolute atomic E-state index is 0.617. The molecule has 2 heterocycles. The van der Waals surface area contributed by atoms with Crippen LogP contribution in [0.1, 0.15) is 6.42 Å². The third-order valence-corrected chi connectivity index (χ3v) is 4.60. The van der Waals surface area contributed by atoms with Crippen LogP contribution in [0.5, 0.6) is 0 Å². The van der Waals surface area contributed by atoms with E-state index in [-0.39, 0.29) is 0 Å². The summed E-state index contributed by atoms with van der Waals surface area (Å²) in [7, 11) is -2.98. The summed E-state index contributed by atoms with van der Waals surface area (Å²) in [4.78, 5) is 2.40. The zero-order valence-corrected chi connectivity index (χ0v) is 9.96. The van der Waals surface area contributed by atoms with Crippen molar-refractivity contribution in [1.29, 1.82) is 0 Å². The molecule has 0 spiro atoms. The number of sulfonamides is 1. The Labute approximate surface area is 91.5 Å². The van der Waals surface area contributed by atoms with Gasteiger partial charge >= 0.3 is 0 Å². The van der Waals surface area contributed by atoms with Crippen molar-refractivity contribution in [2.75, 3.05) is 45.5 Å². The third kappa shape index (κ3) is 2.69. The molecule has 2 rings (SSSR count). The molecule has 1 atom stereocenters. The second-order valence-corrected chi connectivity index (χ2v) is 6.33. The van der Waals surface area contributed by atoms with E-state index < -0.39 is 10.0 Å². The molecule has 0 radical (unpaired) electrons. The molecule has 88 valence electrons. The Morgan fingerprint density at radius 2 is 1.87 bits per heavy atom. The van der Waals surface area contributed by atoms with Gasteiger partial charge in [-0.1, -0.05) is 0 Å². The van der Waals surface area contributed by atoms with Gasteiger partial charge in [0.1, 0.15) is 0 Å². The highest BCUT2D eigenvalue weighted by Gasteiger charge is 2.28. The Balaban J connectivity index is 1.86. The van der Waals surface area contributed by atoms with Crippen molar-refractivity contribution in [2.45, 2.75) is 12.5 Å². The molecule has 0 amide bonds. The highest BCUT2D eigenvalue weighted by atomic mass is 32.2.